The van der Waals surface area contributed by atoms with Crippen LogP contribution >= 0.6 is 0 Å². The van der Waals surface area contributed by atoms with Crippen LogP contribution in [0, 0.1) is 5.41 Å². The van der Waals surface area contributed by atoms with Crippen LogP contribution in [-0.2, 0) is 17.8 Å². The molecule has 5 nitrogen and oxygen atoms in total. The Bertz CT molecular complexity index is 540. The molecule has 5 heteroatoms. The van der Waals surface area contributed by atoms with Crippen LogP contribution in [0.3, 0.4) is 0 Å². The highest BCUT2D eigenvalue weighted by molar-refractivity contribution is 5.77. The van der Waals surface area contributed by atoms with Crippen molar-refractivity contribution in [1.82, 2.24) is 10.2 Å². The third-order valence-electron chi connectivity index (χ3n) is 3.90. The van der Waals surface area contributed by atoms with E-state index in [1.54, 1.807) is 18.7 Å². The van der Waals surface area contributed by atoms with Gasteiger partial charge in [0.2, 0.25) is 0 Å². The number of carbonyl (C=O) groups is 2. The second-order valence-corrected chi connectivity index (χ2v) is 6.14. The minimum atomic E-state index is -0.959. The van der Waals surface area contributed by atoms with Gasteiger partial charge in [0.05, 0.1) is 5.41 Å². The normalized spacial score (nSPS) is 15.0. The highest BCUT2D eigenvalue weighted by Crippen LogP contribution is 2.19. The Morgan fingerprint density at radius 3 is 2.62 bits per heavy atom. The summed E-state index contributed by atoms with van der Waals surface area (Å²) in [6.07, 6.45) is 1.90. The molecule has 1 heterocycles. The zero-order chi connectivity index (χ0) is 15.5. The predicted octanol–water partition coefficient (Wildman–Crippen LogP) is 2.26. The van der Waals surface area contributed by atoms with Gasteiger partial charge in [0.1, 0.15) is 0 Å². The Labute approximate surface area is 125 Å². The first-order valence-electron chi connectivity index (χ1n) is 7.23. The first-order valence-corrected chi connectivity index (χ1v) is 7.23. The van der Waals surface area contributed by atoms with Gasteiger partial charge in [-0.15, -0.1) is 0 Å². The summed E-state index contributed by atoms with van der Waals surface area (Å²) in [5.74, 6) is -0.913. The van der Waals surface area contributed by atoms with Crippen molar-refractivity contribution in [2.75, 3.05) is 13.1 Å². The summed E-state index contributed by atoms with van der Waals surface area (Å²) in [7, 11) is 0. The van der Waals surface area contributed by atoms with E-state index in [0.29, 0.717) is 13.1 Å². The molecule has 0 aliphatic carbocycles. The van der Waals surface area contributed by atoms with Crippen molar-refractivity contribution < 1.29 is 14.7 Å². The Morgan fingerprint density at radius 1 is 1.29 bits per heavy atom. The van der Waals surface area contributed by atoms with E-state index < -0.39 is 11.4 Å². The molecule has 2 N–H and O–H groups in total. The summed E-state index contributed by atoms with van der Waals surface area (Å²) in [5.41, 5.74) is 1.50. The maximum absolute atomic E-state index is 12.3. The number of nitrogens with one attached hydrogen (secondary N) is 1. The zero-order valence-corrected chi connectivity index (χ0v) is 12.6. The van der Waals surface area contributed by atoms with Crippen molar-refractivity contribution in [1.29, 1.82) is 0 Å². The molecule has 0 fully saturated rings. The van der Waals surface area contributed by atoms with Gasteiger partial charge in [0.15, 0.2) is 0 Å². The highest BCUT2D eigenvalue weighted by atomic mass is 16.4. The van der Waals surface area contributed by atoms with Crippen LogP contribution in [-0.4, -0.2) is 35.1 Å². The van der Waals surface area contributed by atoms with Crippen LogP contribution in [0.15, 0.2) is 24.3 Å². The number of hydrogen-bond donors (Lipinski definition) is 2. The van der Waals surface area contributed by atoms with Gasteiger partial charge in [-0.05, 0) is 37.8 Å². The van der Waals surface area contributed by atoms with Crippen molar-refractivity contribution in [2.24, 2.45) is 5.41 Å². The largest absolute Gasteiger partial charge is 0.481 e. The molecule has 2 amide bonds. The number of carboxylic acid groups (broad SMARTS) is 1. The van der Waals surface area contributed by atoms with Gasteiger partial charge in [-0.3, -0.25) is 4.79 Å². The van der Waals surface area contributed by atoms with E-state index in [2.05, 4.69) is 11.4 Å². The molecule has 0 aromatic heterocycles. The lowest BCUT2D eigenvalue weighted by Gasteiger charge is -2.25. The first-order chi connectivity index (χ1) is 9.90. The van der Waals surface area contributed by atoms with Crippen LogP contribution < -0.4 is 5.32 Å². The number of amides is 2. The second-order valence-electron chi connectivity index (χ2n) is 6.14. The van der Waals surface area contributed by atoms with Crippen LogP contribution in [0.4, 0.5) is 4.79 Å². The molecule has 2 rings (SSSR count). The molecule has 0 spiro atoms. The predicted molar refractivity (Wildman–Crippen MR) is 80.0 cm³/mol. The molecule has 1 aliphatic heterocycles. The standard InChI is InChI=1S/C16H22N2O3/c1-16(2,14(19)20)11-17-15(21)18-9-5-8-12-6-3-4-7-13(12)10-18/h3-4,6-7H,5,8-11H2,1-2H3,(H,17,21)(H,19,20). The quantitative estimate of drug-likeness (QED) is 0.897. The topological polar surface area (TPSA) is 69.6 Å². The number of aryl methyl sites for hydroxylation is 1. The van der Waals surface area contributed by atoms with E-state index in [1.807, 2.05) is 18.2 Å². The van der Waals surface area contributed by atoms with Gasteiger partial charge in [0.25, 0.3) is 0 Å². The first kappa shape index (κ1) is 15.4. The van der Waals surface area contributed by atoms with E-state index in [9.17, 15) is 9.59 Å². The number of urea groups is 1. The molecule has 0 unspecified atom stereocenters. The van der Waals surface area contributed by atoms with Crippen molar-refractivity contribution >= 4 is 12.0 Å². The molecule has 0 atom stereocenters. The Balaban J connectivity index is 1.99. The average Bonchev–Trinajstić information content (AvgIpc) is 2.66. The smallest absolute Gasteiger partial charge is 0.317 e. The van der Waals surface area contributed by atoms with Gasteiger partial charge in [-0.2, -0.15) is 0 Å². The van der Waals surface area contributed by atoms with Crippen LogP contribution in [0.5, 0.6) is 0 Å². The van der Waals surface area contributed by atoms with Crippen molar-refractivity contribution in [3.05, 3.63) is 35.4 Å². The number of rotatable bonds is 3. The second kappa shape index (κ2) is 6.16. The van der Waals surface area contributed by atoms with E-state index in [-0.39, 0.29) is 12.6 Å². The summed E-state index contributed by atoms with van der Waals surface area (Å²) in [6.45, 7) is 4.60. The summed E-state index contributed by atoms with van der Waals surface area (Å²) >= 11 is 0. The minimum absolute atomic E-state index is 0.124. The monoisotopic (exact) mass is 290 g/mol. The molecular formula is C16H22N2O3. The fourth-order valence-corrected chi connectivity index (χ4v) is 2.36. The molecule has 1 aromatic carbocycles. The lowest BCUT2D eigenvalue weighted by molar-refractivity contribution is -0.146. The number of nitrogens with zero attached hydrogens (tertiary/aromatic N) is 1. The van der Waals surface area contributed by atoms with Gasteiger partial charge < -0.3 is 15.3 Å². The fraction of sp³-hybridized carbons (Fsp3) is 0.500. The minimum Gasteiger partial charge on any atom is -0.481 e. The molecule has 1 aliphatic rings. The van der Waals surface area contributed by atoms with Gasteiger partial charge in [-0.25, -0.2) is 4.79 Å². The van der Waals surface area contributed by atoms with E-state index in [4.69, 9.17) is 5.11 Å². The number of carbonyl (C=O) groups excluding carboxylic acids is 1. The lowest BCUT2D eigenvalue weighted by atomic mass is 9.94. The van der Waals surface area contributed by atoms with Crippen LogP contribution in [0.2, 0.25) is 0 Å². The SMILES string of the molecule is CC(C)(CNC(=O)N1CCCc2ccccc2C1)C(=O)O. The third kappa shape index (κ3) is 3.74. The average molecular weight is 290 g/mol. The van der Waals surface area contributed by atoms with Gasteiger partial charge in [0, 0.05) is 19.6 Å². The summed E-state index contributed by atoms with van der Waals surface area (Å²) in [6, 6.07) is 7.95. The van der Waals surface area contributed by atoms with E-state index in [0.717, 1.165) is 12.8 Å². The van der Waals surface area contributed by atoms with Gasteiger partial charge in [-0.1, -0.05) is 24.3 Å². The lowest BCUT2D eigenvalue weighted by Crippen LogP contribution is -2.45. The maximum Gasteiger partial charge on any atom is 0.317 e. The maximum atomic E-state index is 12.3. The molecular weight excluding hydrogens is 268 g/mol. The zero-order valence-electron chi connectivity index (χ0n) is 12.6. The third-order valence-corrected chi connectivity index (χ3v) is 3.90. The van der Waals surface area contributed by atoms with Crippen molar-refractivity contribution in [2.45, 2.75) is 33.2 Å². The van der Waals surface area contributed by atoms with E-state index in [1.165, 1.54) is 11.1 Å². The molecule has 21 heavy (non-hydrogen) atoms. The summed E-state index contributed by atoms with van der Waals surface area (Å²) in [5, 5.41) is 11.8. The Kier molecular flexibility index (Phi) is 4.50. The molecule has 0 bridgehead atoms. The van der Waals surface area contributed by atoms with Crippen LogP contribution in [0.1, 0.15) is 31.4 Å². The molecule has 0 saturated heterocycles. The number of hydrogen-bond acceptors (Lipinski definition) is 2. The number of benzene rings is 1. The van der Waals surface area contributed by atoms with Crippen molar-refractivity contribution in [3.63, 3.8) is 0 Å². The molecule has 114 valence electrons. The molecule has 1 aromatic rings. The van der Waals surface area contributed by atoms with E-state index >= 15 is 0 Å². The van der Waals surface area contributed by atoms with Gasteiger partial charge >= 0.3 is 12.0 Å². The highest BCUT2D eigenvalue weighted by Gasteiger charge is 2.28. The Morgan fingerprint density at radius 2 is 1.95 bits per heavy atom. The Hall–Kier alpha value is -2.04. The van der Waals surface area contributed by atoms with Crippen molar-refractivity contribution in [3.8, 4) is 0 Å². The summed E-state index contributed by atoms with van der Waals surface area (Å²) < 4.78 is 0. The molecule has 0 radical (unpaired) electrons. The fourth-order valence-electron chi connectivity index (χ4n) is 2.36. The van der Waals surface area contributed by atoms with Crippen LogP contribution in [0.25, 0.3) is 0 Å². The number of fused-ring (bicyclic) bond motifs is 1. The number of aliphatic carboxylic acids is 1. The molecule has 0 saturated carbocycles. The summed E-state index contributed by atoms with van der Waals surface area (Å²) in [4.78, 5) is 25.1. The number of carboxylic acids is 1.